The van der Waals surface area contributed by atoms with E-state index in [1.165, 1.54) is 31.4 Å². The third-order valence-electron chi connectivity index (χ3n) is 2.78. The molecule has 2 rings (SSSR count). The molecule has 0 spiro atoms. The maximum Gasteiger partial charge on any atom is 0.164 e. The van der Waals surface area contributed by atoms with Crippen molar-refractivity contribution in [1.29, 1.82) is 0 Å². The fourth-order valence-corrected chi connectivity index (χ4v) is 2.03. The first-order chi connectivity index (χ1) is 9.04. The Balaban J connectivity index is 2.44. The average Bonchev–Trinajstić information content (AvgIpc) is 2.41. The number of halogens is 3. The normalized spacial score (nSPS) is 12.3. The zero-order valence-electron chi connectivity index (χ0n) is 10.0. The van der Waals surface area contributed by atoms with Gasteiger partial charge in [0.15, 0.2) is 11.6 Å². The lowest BCUT2D eigenvalue weighted by molar-refractivity contribution is 0.213. The molecule has 2 aromatic rings. The molecule has 5 heteroatoms. The summed E-state index contributed by atoms with van der Waals surface area (Å²) in [5.74, 6) is -1.58. The Labute approximate surface area is 114 Å². The fourth-order valence-electron chi connectivity index (χ4n) is 1.76. The van der Waals surface area contributed by atoms with E-state index < -0.39 is 17.7 Å². The molecule has 100 valence electrons. The van der Waals surface area contributed by atoms with Gasteiger partial charge in [0.1, 0.15) is 11.9 Å². The lowest BCUT2D eigenvalue weighted by Crippen LogP contribution is -2.05. The van der Waals surface area contributed by atoms with E-state index in [1.54, 1.807) is 6.07 Å². The molecule has 2 aromatic carbocycles. The van der Waals surface area contributed by atoms with Gasteiger partial charge >= 0.3 is 0 Å². The minimum Gasteiger partial charge on any atom is -0.497 e. The number of methoxy groups -OCH3 is 1. The summed E-state index contributed by atoms with van der Waals surface area (Å²) in [5.41, 5.74) is 0.124. The maximum absolute atomic E-state index is 13.6. The fraction of sp³-hybridized carbons (Fsp3) is 0.143. The Morgan fingerprint density at radius 2 is 1.89 bits per heavy atom. The predicted molar refractivity (Wildman–Crippen MR) is 68.4 cm³/mol. The van der Waals surface area contributed by atoms with Crippen LogP contribution >= 0.6 is 11.6 Å². The van der Waals surface area contributed by atoms with E-state index in [-0.39, 0.29) is 16.1 Å². The highest BCUT2D eigenvalue weighted by Gasteiger charge is 2.20. The van der Waals surface area contributed by atoms with Crippen LogP contribution in [0, 0.1) is 11.6 Å². The van der Waals surface area contributed by atoms with Crippen LogP contribution < -0.4 is 4.74 Å². The molecular weight excluding hydrogens is 274 g/mol. The molecule has 0 aromatic heterocycles. The molecule has 1 unspecified atom stereocenters. The SMILES string of the molecule is COc1ccc(C(O)c2cccc(F)c2F)c(Cl)c1. The van der Waals surface area contributed by atoms with Crippen LogP contribution in [0.2, 0.25) is 5.02 Å². The standard InChI is InChI=1S/C14H11ClF2O2/c1-19-8-5-6-9(11(15)7-8)14(18)10-3-2-4-12(16)13(10)17/h2-7,14,18H,1H3. The van der Waals surface area contributed by atoms with Gasteiger partial charge in [-0.2, -0.15) is 0 Å². The quantitative estimate of drug-likeness (QED) is 0.931. The minimum absolute atomic E-state index is 0.160. The average molecular weight is 285 g/mol. The lowest BCUT2D eigenvalue weighted by atomic mass is 10.0. The number of hydrogen-bond acceptors (Lipinski definition) is 2. The molecule has 19 heavy (non-hydrogen) atoms. The van der Waals surface area contributed by atoms with E-state index in [1.807, 2.05) is 0 Å². The Hall–Kier alpha value is -1.65. The van der Waals surface area contributed by atoms with Crippen LogP contribution in [-0.4, -0.2) is 12.2 Å². The van der Waals surface area contributed by atoms with Gasteiger partial charge in [-0.15, -0.1) is 0 Å². The van der Waals surface area contributed by atoms with Gasteiger partial charge in [-0.1, -0.05) is 29.8 Å². The topological polar surface area (TPSA) is 29.5 Å². The molecule has 0 radical (unpaired) electrons. The second-order valence-electron chi connectivity index (χ2n) is 3.93. The molecule has 0 heterocycles. The molecule has 0 fully saturated rings. The number of rotatable bonds is 3. The maximum atomic E-state index is 13.6. The second-order valence-corrected chi connectivity index (χ2v) is 4.34. The van der Waals surface area contributed by atoms with Crippen molar-refractivity contribution in [2.45, 2.75) is 6.10 Å². The third-order valence-corrected chi connectivity index (χ3v) is 3.11. The van der Waals surface area contributed by atoms with E-state index in [4.69, 9.17) is 16.3 Å². The van der Waals surface area contributed by atoms with Gasteiger partial charge in [0.2, 0.25) is 0 Å². The van der Waals surface area contributed by atoms with Crippen LogP contribution in [0.5, 0.6) is 5.75 Å². The van der Waals surface area contributed by atoms with Crippen molar-refractivity contribution < 1.29 is 18.6 Å². The molecule has 0 saturated carbocycles. The number of benzene rings is 2. The summed E-state index contributed by atoms with van der Waals surface area (Å²) < 4.78 is 31.7. The van der Waals surface area contributed by atoms with Gasteiger partial charge in [-0.3, -0.25) is 0 Å². The molecule has 0 amide bonds. The van der Waals surface area contributed by atoms with Crippen LogP contribution in [0.1, 0.15) is 17.2 Å². The Bertz CT molecular complexity index is 602. The second kappa shape index (κ2) is 5.55. The summed E-state index contributed by atoms with van der Waals surface area (Å²) in [7, 11) is 1.48. The number of hydrogen-bond donors (Lipinski definition) is 1. The van der Waals surface area contributed by atoms with E-state index in [2.05, 4.69) is 0 Å². The van der Waals surface area contributed by atoms with E-state index in [0.717, 1.165) is 6.07 Å². The Morgan fingerprint density at radius 1 is 1.16 bits per heavy atom. The van der Waals surface area contributed by atoms with Crippen LogP contribution in [-0.2, 0) is 0 Å². The number of aliphatic hydroxyl groups is 1. The summed E-state index contributed by atoms with van der Waals surface area (Å²) in [6.45, 7) is 0. The van der Waals surface area contributed by atoms with Gasteiger partial charge in [-0.05, 0) is 18.2 Å². The summed E-state index contributed by atoms with van der Waals surface area (Å²) in [6.07, 6.45) is -1.34. The van der Waals surface area contributed by atoms with Gasteiger partial charge in [0.25, 0.3) is 0 Å². The molecule has 0 bridgehead atoms. The number of aliphatic hydroxyl groups excluding tert-OH is 1. The summed E-state index contributed by atoms with van der Waals surface area (Å²) in [5, 5.41) is 10.3. The van der Waals surface area contributed by atoms with Gasteiger partial charge in [0, 0.05) is 11.1 Å². The van der Waals surface area contributed by atoms with E-state index in [0.29, 0.717) is 5.75 Å². The van der Waals surface area contributed by atoms with Crippen molar-refractivity contribution in [2.75, 3.05) is 7.11 Å². The summed E-state index contributed by atoms with van der Waals surface area (Å²) in [4.78, 5) is 0. The van der Waals surface area contributed by atoms with Crippen molar-refractivity contribution in [1.82, 2.24) is 0 Å². The van der Waals surface area contributed by atoms with E-state index in [9.17, 15) is 13.9 Å². The molecule has 1 N–H and O–H groups in total. The van der Waals surface area contributed by atoms with Crippen molar-refractivity contribution >= 4 is 11.6 Å². The predicted octanol–water partition coefficient (Wildman–Crippen LogP) is 3.71. The summed E-state index contributed by atoms with van der Waals surface area (Å²) >= 11 is 5.99. The molecule has 0 aliphatic rings. The number of ether oxygens (including phenoxy) is 1. The van der Waals surface area contributed by atoms with E-state index >= 15 is 0 Å². The molecular formula is C14H11ClF2O2. The zero-order valence-corrected chi connectivity index (χ0v) is 10.8. The highest BCUT2D eigenvalue weighted by molar-refractivity contribution is 6.31. The highest BCUT2D eigenvalue weighted by atomic mass is 35.5. The summed E-state index contributed by atoms with van der Waals surface area (Å²) in [6, 6.07) is 8.22. The first-order valence-electron chi connectivity index (χ1n) is 5.50. The molecule has 0 aliphatic heterocycles. The first-order valence-corrected chi connectivity index (χ1v) is 5.87. The Morgan fingerprint density at radius 3 is 2.53 bits per heavy atom. The molecule has 0 aliphatic carbocycles. The van der Waals surface area contributed by atoms with Gasteiger partial charge in [-0.25, -0.2) is 8.78 Å². The smallest absolute Gasteiger partial charge is 0.164 e. The molecule has 2 nitrogen and oxygen atoms in total. The van der Waals surface area contributed by atoms with Crippen LogP contribution in [0.25, 0.3) is 0 Å². The van der Waals surface area contributed by atoms with Crippen molar-refractivity contribution in [2.24, 2.45) is 0 Å². The molecule has 0 saturated heterocycles. The highest BCUT2D eigenvalue weighted by Crippen LogP contribution is 2.32. The van der Waals surface area contributed by atoms with Gasteiger partial charge in [0.05, 0.1) is 12.1 Å². The lowest BCUT2D eigenvalue weighted by Gasteiger charge is -2.15. The largest absolute Gasteiger partial charge is 0.497 e. The van der Waals surface area contributed by atoms with Crippen LogP contribution in [0.3, 0.4) is 0 Å². The van der Waals surface area contributed by atoms with Crippen molar-refractivity contribution in [3.05, 3.63) is 64.2 Å². The van der Waals surface area contributed by atoms with Gasteiger partial charge < -0.3 is 9.84 Å². The Kier molecular flexibility index (Phi) is 4.02. The van der Waals surface area contributed by atoms with Crippen LogP contribution in [0.4, 0.5) is 8.78 Å². The van der Waals surface area contributed by atoms with Crippen LogP contribution in [0.15, 0.2) is 36.4 Å². The van der Waals surface area contributed by atoms with Crippen molar-refractivity contribution in [3.8, 4) is 5.75 Å². The molecule has 1 atom stereocenters. The third kappa shape index (κ3) is 2.69. The van der Waals surface area contributed by atoms with Crippen molar-refractivity contribution in [3.63, 3.8) is 0 Å². The minimum atomic E-state index is -1.34. The zero-order chi connectivity index (χ0) is 14.0. The monoisotopic (exact) mass is 284 g/mol. The first kappa shape index (κ1) is 13.8.